The maximum Gasteiger partial charge on any atom is 0.241 e. The van der Waals surface area contributed by atoms with Crippen LogP contribution in [0.1, 0.15) is 32.1 Å². The molecule has 1 fully saturated rings. The lowest BCUT2D eigenvalue weighted by Gasteiger charge is -2.19. The first kappa shape index (κ1) is 20.9. The number of hydrogen-bond donors (Lipinski definition) is 1. The molecule has 1 amide bonds. The fourth-order valence-corrected chi connectivity index (χ4v) is 4.34. The molecule has 0 spiro atoms. The molecule has 2 heterocycles. The number of amides is 1. The smallest absolute Gasteiger partial charge is 0.241 e. The zero-order valence-electron chi connectivity index (χ0n) is 17.3. The molecule has 5 nitrogen and oxygen atoms in total. The first-order valence-electron chi connectivity index (χ1n) is 10.9. The molecule has 1 aliphatic rings. The molecule has 1 N–H and O–H groups in total. The highest BCUT2D eigenvalue weighted by Crippen LogP contribution is 2.30. The van der Waals surface area contributed by atoms with E-state index in [1.165, 1.54) is 38.8 Å². The van der Waals surface area contributed by atoms with Crippen molar-refractivity contribution in [1.82, 2.24) is 20.0 Å². The SMILES string of the molecule is O=C(Cn1nc(-c2ccccc2)c2cc(Cl)ccc21)NCCCN1CCCCCC1. The summed E-state index contributed by atoms with van der Waals surface area (Å²) in [6, 6.07) is 15.7. The number of fused-ring (bicyclic) bond motifs is 1. The van der Waals surface area contributed by atoms with Gasteiger partial charge in [-0.3, -0.25) is 9.48 Å². The Kier molecular flexibility index (Phi) is 7.03. The van der Waals surface area contributed by atoms with Gasteiger partial charge in [-0.1, -0.05) is 54.8 Å². The van der Waals surface area contributed by atoms with E-state index in [1.54, 1.807) is 4.68 Å². The predicted molar refractivity (Wildman–Crippen MR) is 123 cm³/mol. The molecule has 30 heavy (non-hydrogen) atoms. The number of carbonyl (C=O) groups is 1. The number of carbonyl (C=O) groups excluding carboxylic acids is 1. The lowest BCUT2D eigenvalue weighted by molar-refractivity contribution is -0.121. The van der Waals surface area contributed by atoms with Gasteiger partial charge in [0.15, 0.2) is 0 Å². The van der Waals surface area contributed by atoms with Gasteiger partial charge in [-0.2, -0.15) is 5.10 Å². The lowest BCUT2D eigenvalue weighted by Crippen LogP contribution is -2.32. The van der Waals surface area contributed by atoms with Crippen LogP contribution < -0.4 is 5.32 Å². The minimum atomic E-state index is -0.00942. The highest BCUT2D eigenvalue weighted by atomic mass is 35.5. The molecule has 0 saturated carbocycles. The number of nitrogens with one attached hydrogen (secondary N) is 1. The van der Waals surface area contributed by atoms with Crippen molar-refractivity contribution in [2.24, 2.45) is 0 Å². The summed E-state index contributed by atoms with van der Waals surface area (Å²) in [6.45, 7) is 4.35. The summed E-state index contributed by atoms with van der Waals surface area (Å²) >= 11 is 6.23. The number of aromatic nitrogens is 2. The van der Waals surface area contributed by atoms with Crippen LogP contribution in [0.3, 0.4) is 0 Å². The summed E-state index contributed by atoms with van der Waals surface area (Å²) in [5.74, 6) is -0.00942. The average Bonchev–Trinajstić information content (AvgIpc) is 2.92. The average molecular weight is 425 g/mol. The maximum atomic E-state index is 12.6. The van der Waals surface area contributed by atoms with Gasteiger partial charge in [-0.15, -0.1) is 0 Å². The van der Waals surface area contributed by atoms with Gasteiger partial charge < -0.3 is 10.2 Å². The van der Waals surface area contributed by atoms with Crippen molar-refractivity contribution in [2.75, 3.05) is 26.2 Å². The number of rotatable bonds is 7. The van der Waals surface area contributed by atoms with Gasteiger partial charge in [0.05, 0.1) is 5.52 Å². The van der Waals surface area contributed by atoms with E-state index in [0.29, 0.717) is 11.6 Å². The van der Waals surface area contributed by atoms with Crippen molar-refractivity contribution >= 4 is 28.4 Å². The molecule has 0 atom stereocenters. The second kappa shape index (κ2) is 10.1. The number of hydrogen-bond acceptors (Lipinski definition) is 3. The molecular weight excluding hydrogens is 396 g/mol. The van der Waals surface area contributed by atoms with Crippen LogP contribution in [0.4, 0.5) is 0 Å². The third kappa shape index (κ3) is 5.21. The molecule has 0 bridgehead atoms. The Morgan fingerprint density at radius 3 is 2.57 bits per heavy atom. The molecule has 0 radical (unpaired) electrons. The van der Waals surface area contributed by atoms with Crippen molar-refractivity contribution in [2.45, 2.75) is 38.6 Å². The number of nitrogens with zero attached hydrogens (tertiary/aromatic N) is 3. The number of halogens is 1. The normalized spacial score (nSPS) is 15.2. The van der Waals surface area contributed by atoms with Crippen LogP contribution in [0, 0.1) is 0 Å². The van der Waals surface area contributed by atoms with Crippen LogP contribution in [0.2, 0.25) is 5.02 Å². The molecule has 1 aromatic heterocycles. The molecule has 1 aliphatic heterocycles. The Morgan fingerprint density at radius 2 is 1.80 bits per heavy atom. The monoisotopic (exact) mass is 424 g/mol. The topological polar surface area (TPSA) is 50.2 Å². The van der Waals surface area contributed by atoms with E-state index in [0.717, 1.165) is 35.1 Å². The quantitative estimate of drug-likeness (QED) is 0.557. The molecule has 4 rings (SSSR count). The van der Waals surface area contributed by atoms with E-state index in [-0.39, 0.29) is 12.5 Å². The summed E-state index contributed by atoms with van der Waals surface area (Å²) < 4.78 is 1.78. The van der Waals surface area contributed by atoms with Crippen molar-refractivity contribution in [3.63, 3.8) is 0 Å². The van der Waals surface area contributed by atoms with Gasteiger partial charge in [0.2, 0.25) is 5.91 Å². The van der Waals surface area contributed by atoms with Crippen LogP contribution >= 0.6 is 11.6 Å². The zero-order valence-corrected chi connectivity index (χ0v) is 18.1. The summed E-state index contributed by atoms with van der Waals surface area (Å²) in [4.78, 5) is 15.1. The van der Waals surface area contributed by atoms with Gasteiger partial charge in [-0.25, -0.2) is 0 Å². The summed E-state index contributed by atoms with van der Waals surface area (Å²) in [5.41, 5.74) is 2.78. The van der Waals surface area contributed by atoms with E-state index in [4.69, 9.17) is 16.7 Å². The Hall–Kier alpha value is -2.37. The molecule has 0 unspecified atom stereocenters. The van der Waals surface area contributed by atoms with Gasteiger partial charge >= 0.3 is 0 Å². The fourth-order valence-electron chi connectivity index (χ4n) is 4.16. The zero-order chi connectivity index (χ0) is 20.8. The first-order valence-corrected chi connectivity index (χ1v) is 11.3. The molecule has 6 heteroatoms. The van der Waals surface area contributed by atoms with Crippen molar-refractivity contribution in [3.05, 3.63) is 53.6 Å². The summed E-state index contributed by atoms with van der Waals surface area (Å²) in [5, 5.41) is 9.43. The third-order valence-electron chi connectivity index (χ3n) is 5.73. The van der Waals surface area contributed by atoms with Gasteiger partial charge in [0.1, 0.15) is 12.2 Å². The van der Waals surface area contributed by atoms with Crippen LogP contribution in [0.5, 0.6) is 0 Å². The number of likely N-dealkylation sites (tertiary alicyclic amines) is 1. The predicted octanol–water partition coefficient (Wildman–Crippen LogP) is 4.74. The maximum absolute atomic E-state index is 12.6. The standard InChI is InChI=1S/C24H29ClN4O/c25-20-11-12-22-21(17-20)24(19-9-4-3-5-10-19)27-29(22)18-23(30)26-13-8-16-28-14-6-1-2-7-15-28/h3-5,9-12,17H,1-2,6-8,13-16,18H2,(H,26,30). The van der Waals surface area contributed by atoms with Crippen molar-refractivity contribution in [1.29, 1.82) is 0 Å². The third-order valence-corrected chi connectivity index (χ3v) is 5.96. The van der Waals surface area contributed by atoms with E-state index >= 15 is 0 Å². The van der Waals surface area contributed by atoms with Gasteiger partial charge in [0, 0.05) is 22.5 Å². The van der Waals surface area contributed by atoms with Crippen molar-refractivity contribution in [3.8, 4) is 11.3 Å². The van der Waals surface area contributed by atoms with Crippen LogP contribution in [0.25, 0.3) is 22.2 Å². The molecule has 1 saturated heterocycles. The Balaban J connectivity index is 1.39. The highest BCUT2D eigenvalue weighted by Gasteiger charge is 2.15. The largest absolute Gasteiger partial charge is 0.354 e. The molecule has 2 aromatic carbocycles. The summed E-state index contributed by atoms with van der Waals surface area (Å²) in [7, 11) is 0. The Labute approximate surface area is 183 Å². The van der Waals surface area contributed by atoms with Gasteiger partial charge in [-0.05, 0) is 57.1 Å². The second-order valence-electron chi connectivity index (χ2n) is 7.99. The second-order valence-corrected chi connectivity index (χ2v) is 8.43. The highest BCUT2D eigenvalue weighted by molar-refractivity contribution is 6.31. The lowest BCUT2D eigenvalue weighted by atomic mass is 10.1. The van der Waals surface area contributed by atoms with E-state index in [2.05, 4.69) is 10.2 Å². The summed E-state index contributed by atoms with van der Waals surface area (Å²) in [6.07, 6.45) is 6.28. The van der Waals surface area contributed by atoms with Crippen LogP contribution in [-0.4, -0.2) is 46.8 Å². The number of benzene rings is 2. The molecule has 0 aliphatic carbocycles. The minimum Gasteiger partial charge on any atom is -0.354 e. The molecule has 158 valence electrons. The van der Waals surface area contributed by atoms with E-state index < -0.39 is 0 Å². The van der Waals surface area contributed by atoms with Crippen LogP contribution in [0.15, 0.2) is 48.5 Å². The Bertz CT molecular complexity index is 978. The van der Waals surface area contributed by atoms with E-state index in [9.17, 15) is 4.79 Å². The Morgan fingerprint density at radius 1 is 1.03 bits per heavy atom. The van der Waals surface area contributed by atoms with Crippen LogP contribution in [-0.2, 0) is 11.3 Å². The van der Waals surface area contributed by atoms with Crippen molar-refractivity contribution < 1.29 is 4.79 Å². The van der Waals surface area contributed by atoms with E-state index in [1.807, 2.05) is 48.5 Å². The van der Waals surface area contributed by atoms with Gasteiger partial charge in [0.25, 0.3) is 0 Å². The first-order chi connectivity index (χ1) is 14.7. The molecule has 3 aromatic rings. The molecular formula is C24H29ClN4O. The minimum absolute atomic E-state index is 0.00942. The fraction of sp³-hybridized carbons (Fsp3) is 0.417.